The molecule has 0 bridgehead atoms. The van der Waals surface area contributed by atoms with Crippen LogP contribution < -0.4 is 0 Å². The van der Waals surface area contributed by atoms with E-state index in [2.05, 4.69) is 0 Å². The van der Waals surface area contributed by atoms with Crippen LogP contribution in [0.3, 0.4) is 0 Å². The highest BCUT2D eigenvalue weighted by atomic mass is 16.2. The summed E-state index contributed by atoms with van der Waals surface area (Å²) in [7, 11) is 0. The Bertz CT molecular complexity index is 502. The Kier molecular flexibility index (Phi) is 4.87. The van der Waals surface area contributed by atoms with Crippen LogP contribution in [0.1, 0.15) is 31.1 Å². The van der Waals surface area contributed by atoms with Crippen LogP contribution >= 0.6 is 0 Å². The normalized spacial score (nSPS) is 12.0. The highest BCUT2D eigenvalue weighted by Crippen LogP contribution is 2.21. The molecule has 1 atom stereocenters. The highest BCUT2D eigenvalue weighted by molar-refractivity contribution is 6.17. The number of Topliss-reactive ketones (excluding diaryl/α,β-unsaturated/α-hetero) is 4. The fourth-order valence-electron chi connectivity index (χ4n) is 2.11. The summed E-state index contributed by atoms with van der Waals surface area (Å²) in [6.45, 7) is 3.67. The van der Waals surface area contributed by atoms with E-state index < -0.39 is 35.0 Å². The number of ketones is 4. The van der Waals surface area contributed by atoms with Crippen molar-refractivity contribution in [1.29, 1.82) is 0 Å². The van der Waals surface area contributed by atoms with E-state index in [4.69, 9.17) is 0 Å². The molecule has 0 saturated carbocycles. The Hall–Kier alpha value is -2.10. The average molecular weight is 260 g/mol. The van der Waals surface area contributed by atoms with Crippen LogP contribution in [-0.4, -0.2) is 23.1 Å². The molecule has 0 aromatic heterocycles. The first-order chi connectivity index (χ1) is 8.86. The molecule has 1 aromatic rings. The first kappa shape index (κ1) is 15.0. The molecule has 0 radical (unpaired) electrons. The Morgan fingerprint density at radius 2 is 1.16 bits per heavy atom. The van der Waals surface area contributed by atoms with Crippen LogP contribution in [0.2, 0.25) is 0 Å². The van der Waals surface area contributed by atoms with Gasteiger partial charge in [-0.05, 0) is 20.8 Å². The zero-order valence-electron chi connectivity index (χ0n) is 11.2. The standard InChI is InChI=1S/C15H16O4/c1-9(16)13(10(2)17)14(11(3)18)15(19)12-7-5-4-6-8-12/h4-8,13-14H,1-3H3. The minimum atomic E-state index is -1.22. The number of hydrogen-bond acceptors (Lipinski definition) is 4. The van der Waals surface area contributed by atoms with E-state index in [0.717, 1.165) is 0 Å². The Morgan fingerprint density at radius 1 is 0.737 bits per heavy atom. The molecule has 0 aliphatic carbocycles. The van der Waals surface area contributed by atoms with Gasteiger partial charge in [-0.15, -0.1) is 0 Å². The van der Waals surface area contributed by atoms with Gasteiger partial charge in [-0.2, -0.15) is 0 Å². The summed E-state index contributed by atoms with van der Waals surface area (Å²) in [5.41, 5.74) is 0.329. The molecular formula is C15H16O4. The monoisotopic (exact) mass is 260 g/mol. The maximum atomic E-state index is 12.3. The molecule has 19 heavy (non-hydrogen) atoms. The second-order valence-corrected chi connectivity index (χ2v) is 4.52. The quantitative estimate of drug-likeness (QED) is 0.578. The van der Waals surface area contributed by atoms with Gasteiger partial charge in [0, 0.05) is 5.56 Å². The zero-order valence-corrected chi connectivity index (χ0v) is 11.2. The number of hydrogen-bond donors (Lipinski definition) is 0. The number of benzene rings is 1. The van der Waals surface area contributed by atoms with Gasteiger partial charge in [-0.1, -0.05) is 30.3 Å². The minimum absolute atomic E-state index is 0.329. The Balaban J connectivity index is 3.21. The van der Waals surface area contributed by atoms with Gasteiger partial charge < -0.3 is 0 Å². The van der Waals surface area contributed by atoms with Crippen LogP contribution in [-0.2, 0) is 14.4 Å². The second-order valence-electron chi connectivity index (χ2n) is 4.52. The maximum absolute atomic E-state index is 12.3. The van der Waals surface area contributed by atoms with E-state index in [0.29, 0.717) is 5.56 Å². The van der Waals surface area contributed by atoms with Crippen LogP contribution in [0.25, 0.3) is 0 Å². The molecule has 100 valence electrons. The second kappa shape index (κ2) is 6.18. The molecule has 4 nitrogen and oxygen atoms in total. The summed E-state index contributed by atoms with van der Waals surface area (Å²) in [6, 6.07) is 8.21. The lowest BCUT2D eigenvalue weighted by atomic mass is 9.79. The summed E-state index contributed by atoms with van der Waals surface area (Å²) >= 11 is 0. The molecule has 0 N–H and O–H groups in total. The van der Waals surface area contributed by atoms with Gasteiger partial charge in [0.25, 0.3) is 0 Å². The lowest BCUT2D eigenvalue weighted by Crippen LogP contribution is -2.38. The van der Waals surface area contributed by atoms with E-state index in [-0.39, 0.29) is 0 Å². The van der Waals surface area contributed by atoms with Crippen molar-refractivity contribution in [3.8, 4) is 0 Å². The van der Waals surface area contributed by atoms with E-state index in [1.807, 2.05) is 0 Å². The maximum Gasteiger partial charge on any atom is 0.174 e. The Morgan fingerprint density at radius 3 is 1.53 bits per heavy atom. The third kappa shape index (κ3) is 3.44. The number of carbonyl (C=O) groups excluding carboxylic acids is 4. The Labute approximate surface area is 111 Å². The zero-order chi connectivity index (χ0) is 14.6. The third-order valence-corrected chi connectivity index (χ3v) is 2.99. The molecule has 0 heterocycles. The van der Waals surface area contributed by atoms with E-state index in [9.17, 15) is 19.2 Å². The summed E-state index contributed by atoms with van der Waals surface area (Å²) < 4.78 is 0. The van der Waals surface area contributed by atoms with E-state index in [1.54, 1.807) is 30.3 Å². The van der Waals surface area contributed by atoms with Crippen molar-refractivity contribution < 1.29 is 19.2 Å². The molecule has 0 aliphatic heterocycles. The molecule has 1 unspecified atom stereocenters. The fourth-order valence-corrected chi connectivity index (χ4v) is 2.11. The van der Waals surface area contributed by atoms with Crippen LogP contribution in [0.15, 0.2) is 30.3 Å². The van der Waals surface area contributed by atoms with Crippen LogP contribution in [0.5, 0.6) is 0 Å². The van der Waals surface area contributed by atoms with Crippen molar-refractivity contribution in [1.82, 2.24) is 0 Å². The summed E-state index contributed by atoms with van der Waals surface area (Å²) in [5.74, 6) is -4.29. The first-order valence-corrected chi connectivity index (χ1v) is 5.97. The molecule has 0 saturated heterocycles. The molecule has 0 fully saturated rings. The predicted molar refractivity (Wildman–Crippen MR) is 69.8 cm³/mol. The molecule has 0 aliphatic rings. The van der Waals surface area contributed by atoms with Crippen molar-refractivity contribution >= 4 is 23.1 Å². The van der Waals surface area contributed by atoms with E-state index >= 15 is 0 Å². The van der Waals surface area contributed by atoms with Crippen molar-refractivity contribution in [3.63, 3.8) is 0 Å². The highest BCUT2D eigenvalue weighted by Gasteiger charge is 2.38. The smallest absolute Gasteiger partial charge is 0.174 e. The molecule has 4 heteroatoms. The average Bonchev–Trinajstić information content (AvgIpc) is 2.34. The van der Waals surface area contributed by atoms with Gasteiger partial charge in [0.1, 0.15) is 17.3 Å². The van der Waals surface area contributed by atoms with Crippen LogP contribution in [0, 0.1) is 11.8 Å². The lowest BCUT2D eigenvalue weighted by molar-refractivity contribution is -0.136. The van der Waals surface area contributed by atoms with Crippen molar-refractivity contribution in [2.24, 2.45) is 11.8 Å². The molecule has 0 spiro atoms. The van der Waals surface area contributed by atoms with Crippen molar-refractivity contribution in [3.05, 3.63) is 35.9 Å². The van der Waals surface area contributed by atoms with Gasteiger partial charge in [-0.25, -0.2) is 0 Å². The van der Waals surface area contributed by atoms with Crippen LogP contribution in [0.4, 0.5) is 0 Å². The summed E-state index contributed by atoms with van der Waals surface area (Å²) in [6.07, 6.45) is 0. The molecule has 1 aromatic carbocycles. The fraction of sp³-hybridized carbons (Fsp3) is 0.333. The largest absolute Gasteiger partial charge is 0.299 e. The van der Waals surface area contributed by atoms with Gasteiger partial charge in [-0.3, -0.25) is 19.2 Å². The summed E-state index contributed by atoms with van der Waals surface area (Å²) in [5, 5.41) is 0. The number of rotatable bonds is 6. The van der Waals surface area contributed by atoms with E-state index in [1.165, 1.54) is 20.8 Å². The summed E-state index contributed by atoms with van der Waals surface area (Å²) in [4.78, 5) is 47.1. The molecule has 0 amide bonds. The SMILES string of the molecule is CC(=O)C(C(C)=O)C(C(C)=O)C(=O)c1ccccc1. The minimum Gasteiger partial charge on any atom is -0.299 e. The predicted octanol–water partition coefficient (Wildman–Crippen LogP) is 1.87. The van der Waals surface area contributed by atoms with Crippen molar-refractivity contribution in [2.45, 2.75) is 20.8 Å². The first-order valence-electron chi connectivity index (χ1n) is 5.97. The van der Waals surface area contributed by atoms with Gasteiger partial charge in [0.05, 0.1) is 11.8 Å². The van der Waals surface area contributed by atoms with Crippen molar-refractivity contribution in [2.75, 3.05) is 0 Å². The molecule has 1 rings (SSSR count). The van der Waals surface area contributed by atoms with Gasteiger partial charge in [0.2, 0.25) is 0 Å². The van der Waals surface area contributed by atoms with Gasteiger partial charge >= 0.3 is 0 Å². The number of carbonyl (C=O) groups is 4. The molecular weight excluding hydrogens is 244 g/mol. The lowest BCUT2D eigenvalue weighted by Gasteiger charge is -2.19. The third-order valence-electron chi connectivity index (χ3n) is 2.99. The topological polar surface area (TPSA) is 68.3 Å². The van der Waals surface area contributed by atoms with Gasteiger partial charge in [0.15, 0.2) is 5.78 Å².